The van der Waals surface area contributed by atoms with Crippen LogP contribution in [0.3, 0.4) is 0 Å². The largest absolute Gasteiger partial charge is 0.496 e. The highest BCUT2D eigenvalue weighted by molar-refractivity contribution is 7.93. The lowest BCUT2D eigenvalue weighted by Crippen LogP contribution is -2.13. The summed E-state index contributed by atoms with van der Waals surface area (Å²) in [5, 5.41) is 3.85. The van der Waals surface area contributed by atoms with E-state index in [2.05, 4.69) is 5.32 Å². The maximum atomic E-state index is 12.9. The fourth-order valence-corrected chi connectivity index (χ4v) is 4.50. The second kappa shape index (κ2) is 11.5. The Kier molecular flexibility index (Phi) is 8.44. The quantitative estimate of drug-likeness (QED) is 0.388. The van der Waals surface area contributed by atoms with E-state index in [1.807, 2.05) is 0 Å². The van der Waals surface area contributed by atoms with Crippen molar-refractivity contribution in [2.75, 3.05) is 39.5 Å². The van der Waals surface area contributed by atoms with E-state index < -0.39 is 9.84 Å². The van der Waals surface area contributed by atoms with E-state index >= 15 is 0 Å². The Bertz CT molecular complexity index is 1340. The molecule has 0 unspecified atom stereocenters. The predicted octanol–water partition coefficient (Wildman–Crippen LogP) is 4.14. The second-order valence-electron chi connectivity index (χ2n) is 7.67. The van der Waals surface area contributed by atoms with Gasteiger partial charge in [-0.05, 0) is 48.0 Å². The number of methoxy groups -OCH3 is 4. The van der Waals surface area contributed by atoms with Crippen molar-refractivity contribution in [1.82, 2.24) is 0 Å². The molecule has 0 radical (unpaired) electrons. The maximum absolute atomic E-state index is 12.9. The molecule has 1 amide bonds. The molecule has 3 aromatic carbocycles. The normalized spacial score (nSPS) is 11.2. The fourth-order valence-electron chi connectivity index (χ4n) is 3.42. The van der Waals surface area contributed by atoms with Gasteiger partial charge in [0.1, 0.15) is 23.0 Å². The van der Waals surface area contributed by atoms with Crippen LogP contribution in [-0.2, 0) is 15.6 Å². The van der Waals surface area contributed by atoms with E-state index in [0.29, 0.717) is 51.1 Å². The molecule has 0 aliphatic carbocycles. The monoisotopic (exact) mass is 512 g/mol. The molecule has 9 nitrogen and oxygen atoms in total. The van der Waals surface area contributed by atoms with Crippen molar-refractivity contribution >= 4 is 33.2 Å². The zero-order valence-corrected chi connectivity index (χ0v) is 21.2. The van der Waals surface area contributed by atoms with Crippen molar-refractivity contribution in [3.63, 3.8) is 0 Å². The van der Waals surface area contributed by atoms with Crippen LogP contribution in [0.25, 0.3) is 6.08 Å². The van der Waals surface area contributed by atoms with Crippen LogP contribution >= 0.6 is 0 Å². The first kappa shape index (κ1) is 26.4. The molecule has 0 fully saturated rings. The van der Waals surface area contributed by atoms with Crippen molar-refractivity contribution in [2.45, 2.75) is 5.75 Å². The summed E-state index contributed by atoms with van der Waals surface area (Å²) in [7, 11) is 2.20. The SMILES string of the molecule is COc1cc(OC)c(C=CS(=O)(=O)Cc2ccc(OC)c(NC(=O)c3ccc(N)cc3)c2)c(OC)c1. The first-order valence-electron chi connectivity index (χ1n) is 10.7. The highest BCUT2D eigenvalue weighted by Gasteiger charge is 2.16. The van der Waals surface area contributed by atoms with Crippen LogP contribution in [0.5, 0.6) is 23.0 Å². The van der Waals surface area contributed by atoms with Crippen LogP contribution in [-0.4, -0.2) is 42.8 Å². The summed E-state index contributed by atoms with van der Waals surface area (Å²) in [5.74, 6) is 1.01. The molecule has 0 aliphatic rings. The van der Waals surface area contributed by atoms with Crippen LogP contribution < -0.4 is 30.0 Å². The van der Waals surface area contributed by atoms with Crippen molar-refractivity contribution in [2.24, 2.45) is 0 Å². The molecule has 0 aliphatic heterocycles. The maximum Gasteiger partial charge on any atom is 0.255 e. The molecule has 0 heterocycles. The minimum absolute atomic E-state index is 0.307. The van der Waals surface area contributed by atoms with Crippen molar-refractivity contribution < 1.29 is 32.2 Å². The summed E-state index contributed by atoms with van der Waals surface area (Å²) in [6.07, 6.45) is 1.42. The van der Waals surface area contributed by atoms with Crippen LogP contribution in [0, 0.1) is 0 Å². The molecule has 0 saturated carbocycles. The lowest BCUT2D eigenvalue weighted by Gasteiger charge is -2.13. The van der Waals surface area contributed by atoms with E-state index in [4.69, 9.17) is 24.7 Å². The number of amides is 1. The van der Waals surface area contributed by atoms with Gasteiger partial charge in [-0.1, -0.05) is 6.07 Å². The number of benzene rings is 3. The number of nitrogens with one attached hydrogen (secondary N) is 1. The Morgan fingerprint density at radius 2 is 1.47 bits per heavy atom. The molecule has 3 rings (SSSR count). The zero-order chi connectivity index (χ0) is 26.3. The Balaban J connectivity index is 1.85. The van der Waals surface area contributed by atoms with Crippen molar-refractivity contribution in [3.8, 4) is 23.0 Å². The molecular weight excluding hydrogens is 484 g/mol. The highest BCUT2D eigenvalue weighted by Crippen LogP contribution is 2.35. The van der Waals surface area contributed by atoms with Gasteiger partial charge in [-0.15, -0.1) is 0 Å². The Morgan fingerprint density at radius 3 is 2.03 bits per heavy atom. The third-order valence-electron chi connectivity index (χ3n) is 5.25. The van der Waals surface area contributed by atoms with Crippen molar-refractivity contribution in [1.29, 1.82) is 0 Å². The lowest BCUT2D eigenvalue weighted by molar-refractivity contribution is 0.102. The number of carbonyl (C=O) groups is 1. The van der Waals surface area contributed by atoms with E-state index in [1.54, 1.807) is 54.6 Å². The molecule has 3 N–H and O–H groups in total. The number of carbonyl (C=O) groups excluding carboxylic acids is 1. The Morgan fingerprint density at radius 1 is 0.861 bits per heavy atom. The summed E-state index contributed by atoms with van der Waals surface area (Å²) >= 11 is 0. The lowest BCUT2D eigenvalue weighted by atomic mass is 10.1. The molecule has 3 aromatic rings. The van der Waals surface area contributed by atoms with Gasteiger partial charge in [-0.3, -0.25) is 4.79 Å². The third-order valence-corrected chi connectivity index (χ3v) is 6.53. The Hall–Kier alpha value is -4.18. The molecule has 190 valence electrons. The first-order chi connectivity index (χ1) is 17.2. The summed E-state index contributed by atoms with van der Waals surface area (Å²) in [6.45, 7) is 0. The van der Waals surface area contributed by atoms with Gasteiger partial charge < -0.3 is 30.0 Å². The van der Waals surface area contributed by atoms with Gasteiger partial charge in [0.2, 0.25) is 0 Å². The highest BCUT2D eigenvalue weighted by atomic mass is 32.2. The molecule has 0 atom stereocenters. The van der Waals surface area contributed by atoms with Crippen LogP contribution in [0.4, 0.5) is 11.4 Å². The molecule has 0 aromatic heterocycles. The van der Waals surface area contributed by atoms with Gasteiger partial charge in [0.15, 0.2) is 9.84 Å². The summed E-state index contributed by atoms with van der Waals surface area (Å²) < 4.78 is 47.1. The van der Waals surface area contributed by atoms with Crippen LogP contribution in [0.15, 0.2) is 60.0 Å². The average molecular weight is 513 g/mol. The Labute approximate surface area is 210 Å². The number of hydrogen-bond donors (Lipinski definition) is 2. The van der Waals surface area contributed by atoms with E-state index in [0.717, 1.165) is 5.41 Å². The molecule has 0 spiro atoms. The van der Waals surface area contributed by atoms with Crippen LogP contribution in [0.1, 0.15) is 21.5 Å². The molecule has 0 bridgehead atoms. The number of sulfone groups is 1. The fraction of sp³-hybridized carbons (Fsp3) is 0.192. The van der Waals surface area contributed by atoms with Gasteiger partial charge in [-0.2, -0.15) is 0 Å². The van der Waals surface area contributed by atoms with E-state index in [9.17, 15) is 13.2 Å². The number of anilines is 2. The smallest absolute Gasteiger partial charge is 0.255 e. The van der Waals surface area contributed by atoms with E-state index in [1.165, 1.54) is 34.5 Å². The molecule has 36 heavy (non-hydrogen) atoms. The third kappa shape index (κ3) is 6.48. The topological polar surface area (TPSA) is 126 Å². The second-order valence-corrected chi connectivity index (χ2v) is 9.55. The number of nitrogens with two attached hydrogens (primary N) is 1. The van der Waals surface area contributed by atoms with E-state index in [-0.39, 0.29) is 11.7 Å². The van der Waals surface area contributed by atoms with Crippen molar-refractivity contribution in [3.05, 3.63) is 76.7 Å². The van der Waals surface area contributed by atoms with Gasteiger partial charge >= 0.3 is 0 Å². The summed E-state index contributed by atoms with van der Waals surface area (Å²) in [6, 6.07) is 14.5. The number of rotatable bonds is 10. The molecular formula is C26H28N2O7S. The van der Waals surface area contributed by atoms with Gasteiger partial charge in [-0.25, -0.2) is 8.42 Å². The summed E-state index contributed by atoms with van der Waals surface area (Å²) in [4.78, 5) is 12.6. The minimum Gasteiger partial charge on any atom is -0.496 e. The van der Waals surface area contributed by atoms with Crippen LogP contribution in [0.2, 0.25) is 0 Å². The molecule has 0 saturated heterocycles. The van der Waals surface area contributed by atoms with Gasteiger partial charge in [0.25, 0.3) is 5.91 Å². The average Bonchev–Trinajstić information content (AvgIpc) is 2.87. The zero-order valence-electron chi connectivity index (χ0n) is 20.4. The summed E-state index contributed by atoms with van der Waals surface area (Å²) in [5.41, 5.74) is 7.87. The van der Waals surface area contributed by atoms with Gasteiger partial charge in [0.05, 0.1) is 45.4 Å². The van der Waals surface area contributed by atoms with Gasteiger partial charge in [0, 0.05) is 28.8 Å². The predicted molar refractivity (Wildman–Crippen MR) is 140 cm³/mol. The standard InChI is InChI=1S/C26H28N2O7S/c1-32-20-14-24(34-3)21(25(15-20)35-4)11-12-36(30,31)16-17-5-10-23(33-2)22(13-17)28-26(29)18-6-8-19(27)9-7-18/h5-15H,16,27H2,1-4H3,(H,28,29). The number of ether oxygens (including phenoxy) is 4. The number of hydrogen-bond acceptors (Lipinski definition) is 8. The minimum atomic E-state index is -3.71. The number of nitrogen functional groups attached to an aromatic ring is 1. The molecule has 10 heteroatoms. The first-order valence-corrected chi connectivity index (χ1v) is 12.5.